The smallest absolute Gasteiger partial charge is 0.280 e. The zero-order chi connectivity index (χ0) is 34.1. The maximum absolute atomic E-state index is 13.8. The number of nitrogens with zero attached hydrogens (tertiary/aromatic N) is 6. The van der Waals surface area contributed by atoms with Crippen LogP contribution in [0.2, 0.25) is 0 Å². The van der Waals surface area contributed by atoms with Crippen LogP contribution in [0, 0.1) is 12.8 Å². The van der Waals surface area contributed by atoms with Crippen LogP contribution in [0.1, 0.15) is 89.3 Å². The minimum absolute atomic E-state index is 0.0120. The van der Waals surface area contributed by atoms with Gasteiger partial charge in [0.1, 0.15) is 22.7 Å². The van der Waals surface area contributed by atoms with Crippen LogP contribution in [-0.2, 0) is 6.54 Å². The molecule has 2 aliphatic heterocycles. The number of aromatic nitrogens is 5. The second kappa shape index (κ2) is 11.9. The minimum atomic E-state index is -2.77. The molecule has 2 bridgehead atoms. The van der Waals surface area contributed by atoms with Crippen LogP contribution in [0.3, 0.4) is 0 Å². The van der Waals surface area contributed by atoms with Crippen LogP contribution in [-0.4, -0.2) is 65.9 Å². The molecule has 0 aromatic carbocycles. The van der Waals surface area contributed by atoms with Crippen molar-refractivity contribution in [2.45, 2.75) is 83.1 Å². The Morgan fingerprint density at radius 1 is 1.04 bits per heavy atom. The molecule has 2 saturated heterocycles. The summed E-state index contributed by atoms with van der Waals surface area (Å²) in [5.74, 6) is 0.520. The third-order valence-corrected chi connectivity index (χ3v) is 10.4. The van der Waals surface area contributed by atoms with Crippen LogP contribution in [0.25, 0.3) is 28.1 Å². The first-order valence-corrected chi connectivity index (χ1v) is 16.8. The number of amides is 2. The Labute approximate surface area is 281 Å². The Balaban J connectivity index is 1.15. The maximum atomic E-state index is 13.8. The summed E-state index contributed by atoms with van der Waals surface area (Å²) in [6, 6.07) is 11.8. The molecule has 2 amide bonds. The summed E-state index contributed by atoms with van der Waals surface area (Å²) in [4.78, 5) is 42.5. The van der Waals surface area contributed by atoms with Crippen LogP contribution in [0.5, 0.6) is 5.88 Å². The van der Waals surface area contributed by atoms with Crippen molar-refractivity contribution in [3.63, 3.8) is 0 Å². The van der Waals surface area contributed by atoms with E-state index < -0.39 is 24.1 Å². The lowest BCUT2D eigenvalue weighted by molar-refractivity contribution is 0.0725. The average Bonchev–Trinajstić information content (AvgIpc) is 3.42. The Hall–Kier alpha value is -4.91. The fraction of sp³-hybridized carbons (Fsp3) is 0.417. The van der Waals surface area contributed by atoms with Gasteiger partial charge in [0, 0.05) is 53.4 Å². The lowest BCUT2D eigenvalue weighted by atomic mass is 9.97. The number of aryl methyl sites for hydroxylation is 1. The first-order chi connectivity index (χ1) is 23.6. The second-order valence-corrected chi connectivity index (χ2v) is 13.6. The van der Waals surface area contributed by atoms with E-state index in [4.69, 9.17) is 20.4 Å². The van der Waals surface area contributed by atoms with Crippen molar-refractivity contribution in [3.8, 4) is 17.3 Å². The molecule has 0 radical (unpaired) electrons. The SMILES string of the molecule is COc1cc(C(=O)N2C3CC[C@H]2C[C@H]3N)cc2nc(-c3cc4ccc([C@@H](C)NC(=O)c5ccnc(C(F)F)c5)nc4n3CC3CC3)c(C)n12. The van der Waals surface area contributed by atoms with Gasteiger partial charge in [0.2, 0.25) is 0 Å². The van der Waals surface area contributed by atoms with Gasteiger partial charge in [-0.3, -0.25) is 19.0 Å². The van der Waals surface area contributed by atoms with Gasteiger partial charge in [-0.1, -0.05) is 0 Å². The van der Waals surface area contributed by atoms with Gasteiger partial charge in [-0.05, 0) is 88.3 Å². The van der Waals surface area contributed by atoms with Crippen molar-refractivity contribution in [2.24, 2.45) is 11.7 Å². The molecule has 13 heteroatoms. The molecule has 3 N–H and O–H groups in total. The van der Waals surface area contributed by atoms with E-state index in [-0.39, 0.29) is 29.6 Å². The Kier molecular flexibility index (Phi) is 7.62. The van der Waals surface area contributed by atoms with Gasteiger partial charge in [0.25, 0.3) is 18.2 Å². The van der Waals surface area contributed by atoms with Gasteiger partial charge < -0.3 is 25.3 Å². The van der Waals surface area contributed by atoms with Gasteiger partial charge in [-0.2, -0.15) is 0 Å². The molecule has 7 heterocycles. The molecule has 8 rings (SSSR count). The fourth-order valence-corrected chi connectivity index (χ4v) is 7.68. The summed E-state index contributed by atoms with van der Waals surface area (Å²) in [5, 5.41) is 3.81. The van der Waals surface area contributed by atoms with Crippen molar-refractivity contribution < 1.29 is 23.1 Å². The van der Waals surface area contributed by atoms with E-state index in [1.54, 1.807) is 13.2 Å². The number of rotatable bonds is 9. The first kappa shape index (κ1) is 31.4. The van der Waals surface area contributed by atoms with E-state index in [1.807, 2.05) is 41.3 Å². The van der Waals surface area contributed by atoms with Gasteiger partial charge in [-0.25, -0.2) is 18.7 Å². The fourth-order valence-electron chi connectivity index (χ4n) is 7.68. The highest BCUT2D eigenvalue weighted by Crippen LogP contribution is 2.40. The lowest BCUT2D eigenvalue weighted by Crippen LogP contribution is -2.40. The van der Waals surface area contributed by atoms with Crippen LogP contribution in [0.15, 0.2) is 48.7 Å². The normalized spacial score (nSPS) is 20.9. The van der Waals surface area contributed by atoms with E-state index in [2.05, 4.69) is 20.9 Å². The molecule has 254 valence electrons. The number of hydrogen-bond donors (Lipinski definition) is 2. The average molecular weight is 669 g/mol. The molecule has 3 fully saturated rings. The molecule has 1 saturated carbocycles. The monoisotopic (exact) mass is 668 g/mol. The summed E-state index contributed by atoms with van der Waals surface area (Å²) in [6.07, 6.45) is 3.45. The number of halogens is 2. The Bertz CT molecular complexity index is 2120. The second-order valence-electron chi connectivity index (χ2n) is 13.6. The number of fused-ring (bicyclic) bond motifs is 4. The Morgan fingerprint density at radius 3 is 2.55 bits per heavy atom. The zero-order valence-corrected chi connectivity index (χ0v) is 27.6. The molecule has 5 aromatic rings. The number of imidazole rings is 1. The van der Waals surface area contributed by atoms with Crippen LogP contribution >= 0.6 is 0 Å². The highest BCUT2D eigenvalue weighted by atomic mass is 19.3. The number of hydrogen-bond acceptors (Lipinski definition) is 7. The number of alkyl halides is 2. The van der Waals surface area contributed by atoms with Crippen molar-refractivity contribution in [2.75, 3.05) is 7.11 Å². The van der Waals surface area contributed by atoms with Crippen molar-refractivity contribution in [3.05, 3.63) is 76.9 Å². The molecule has 49 heavy (non-hydrogen) atoms. The summed E-state index contributed by atoms with van der Waals surface area (Å²) in [7, 11) is 1.60. The molecular weight excluding hydrogens is 630 g/mol. The van der Waals surface area contributed by atoms with Crippen LogP contribution < -0.4 is 15.8 Å². The molecule has 0 spiro atoms. The van der Waals surface area contributed by atoms with E-state index in [0.717, 1.165) is 72.8 Å². The number of pyridine rings is 3. The largest absolute Gasteiger partial charge is 0.482 e. The maximum Gasteiger partial charge on any atom is 0.280 e. The first-order valence-electron chi connectivity index (χ1n) is 16.8. The quantitative estimate of drug-likeness (QED) is 0.209. The molecule has 5 aromatic heterocycles. The van der Waals surface area contributed by atoms with E-state index in [9.17, 15) is 18.4 Å². The summed E-state index contributed by atoms with van der Waals surface area (Å²) in [6.45, 7) is 4.57. The number of nitrogens with one attached hydrogen (secondary N) is 1. The van der Waals surface area contributed by atoms with E-state index in [1.165, 1.54) is 12.3 Å². The highest BCUT2D eigenvalue weighted by Gasteiger charge is 2.47. The van der Waals surface area contributed by atoms with Gasteiger partial charge in [-0.15, -0.1) is 0 Å². The standard InChI is InChI=1S/C36H38F2N8O3/c1-18(41-35(47)22-10-11-40-27(12-22)33(37)38)26-8-6-21-13-29(44(34(21)42-26)17-20-4-5-20)32-19(2)45-30(43-32)14-23(15-31(45)49-3)36(48)46-24-7-9-28(46)25(39)16-24/h6,8,10-15,18,20,24-25,28,33H,4-5,7,9,16-17,39H2,1-3H3,(H,41,47)/t18-,24+,25-,28?/m1/s1. The van der Waals surface area contributed by atoms with Crippen molar-refractivity contribution in [1.82, 2.24) is 34.1 Å². The lowest BCUT2D eigenvalue weighted by Gasteiger charge is -2.23. The number of nitrogens with two attached hydrogens (primary N) is 1. The summed E-state index contributed by atoms with van der Waals surface area (Å²) >= 11 is 0. The van der Waals surface area contributed by atoms with Crippen LogP contribution in [0.4, 0.5) is 8.78 Å². The number of carbonyl (C=O) groups is 2. The van der Waals surface area contributed by atoms with Gasteiger partial charge in [0.15, 0.2) is 5.88 Å². The molecule has 11 nitrogen and oxygen atoms in total. The predicted molar refractivity (Wildman–Crippen MR) is 179 cm³/mol. The zero-order valence-electron chi connectivity index (χ0n) is 27.6. The van der Waals surface area contributed by atoms with Crippen molar-refractivity contribution >= 4 is 28.5 Å². The third-order valence-electron chi connectivity index (χ3n) is 10.4. The predicted octanol–water partition coefficient (Wildman–Crippen LogP) is 5.61. The number of ether oxygens (including phenoxy) is 1. The third kappa shape index (κ3) is 5.40. The summed E-state index contributed by atoms with van der Waals surface area (Å²) in [5.41, 5.74) is 11.1. The molecule has 1 aliphatic carbocycles. The van der Waals surface area contributed by atoms with Gasteiger partial charge in [0.05, 0.1) is 30.2 Å². The van der Waals surface area contributed by atoms with Gasteiger partial charge >= 0.3 is 0 Å². The topological polar surface area (TPSA) is 133 Å². The molecular formula is C36H38F2N8O3. The van der Waals surface area contributed by atoms with E-state index in [0.29, 0.717) is 28.7 Å². The Morgan fingerprint density at radius 2 is 1.86 bits per heavy atom. The number of carbonyl (C=O) groups excluding carboxylic acids is 2. The summed E-state index contributed by atoms with van der Waals surface area (Å²) < 4.78 is 36.3. The molecule has 3 aliphatic rings. The number of methoxy groups -OCH3 is 1. The van der Waals surface area contributed by atoms with Crippen molar-refractivity contribution in [1.29, 1.82) is 0 Å². The molecule has 1 unspecified atom stereocenters. The highest BCUT2D eigenvalue weighted by molar-refractivity contribution is 5.97. The van der Waals surface area contributed by atoms with E-state index >= 15 is 0 Å². The molecule has 4 atom stereocenters. The minimum Gasteiger partial charge on any atom is -0.482 e.